The first-order valence-electron chi connectivity index (χ1n) is 7.61. The standard InChI is InChI=1S/C19H18FNO2/c1-3-11(2)18-16(22)9-14(10-17(18)23)13-7-12-5-4-6-21-19(12)15(20)8-13/h4-11,22-23H,3H2,1-2H3. The van der Waals surface area contributed by atoms with Gasteiger partial charge in [-0.1, -0.05) is 19.9 Å². The Hall–Kier alpha value is -2.62. The number of aromatic nitrogens is 1. The lowest BCUT2D eigenvalue weighted by Crippen LogP contribution is -1.94. The molecule has 0 fully saturated rings. The van der Waals surface area contributed by atoms with E-state index >= 15 is 0 Å². The van der Waals surface area contributed by atoms with E-state index in [0.29, 0.717) is 27.6 Å². The quantitative estimate of drug-likeness (QED) is 0.718. The summed E-state index contributed by atoms with van der Waals surface area (Å²) in [5.74, 6) is -0.327. The summed E-state index contributed by atoms with van der Waals surface area (Å²) in [6.45, 7) is 3.93. The molecule has 3 aromatic rings. The lowest BCUT2D eigenvalue weighted by molar-refractivity contribution is 0.430. The zero-order chi connectivity index (χ0) is 16.6. The third-order valence-corrected chi connectivity index (χ3v) is 4.23. The van der Waals surface area contributed by atoms with Gasteiger partial charge >= 0.3 is 0 Å². The molecule has 0 amide bonds. The van der Waals surface area contributed by atoms with E-state index in [0.717, 1.165) is 6.42 Å². The number of phenolic OH excluding ortho intramolecular Hbond substituents is 2. The highest BCUT2D eigenvalue weighted by Crippen LogP contribution is 2.40. The van der Waals surface area contributed by atoms with Crippen molar-refractivity contribution in [1.29, 1.82) is 0 Å². The van der Waals surface area contributed by atoms with Gasteiger partial charge in [0.05, 0.1) is 0 Å². The number of rotatable bonds is 3. The lowest BCUT2D eigenvalue weighted by Gasteiger charge is -2.15. The van der Waals surface area contributed by atoms with E-state index in [2.05, 4.69) is 4.98 Å². The minimum Gasteiger partial charge on any atom is -0.507 e. The van der Waals surface area contributed by atoms with Crippen LogP contribution in [0.4, 0.5) is 4.39 Å². The highest BCUT2D eigenvalue weighted by molar-refractivity contribution is 5.85. The molecule has 118 valence electrons. The first kappa shape index (κ1) is 15.3. The molecule has 0 radical (unpaired) electrons. The molecule has 2 N–H and O–H groups in total. The molecule has 23 heavy (non-hydrogen) atoms. The molecule has 3 nitrogen and oxygen atoms in total. The Labute approximate surface area is 134 Å². The monoisotopic (exact) mass is 311 g/mol. The third kappa shape index (κ3) is 2.72. The van der Waals surface area contributed by atoms with Crippen LogP contribution in [0.1, 0.15) is 31.7 Å². The van der Waals surface area contributed by atoms with Gasteiger partial charge < -0.3 is 10.2 Å². The maximum Gasteiger partial charge on any atom is 0.150 e. The Balaban J connectivity index is 2.16. The molecule has 0 aliphatic carbocycles. The van der Waals surface area contributed by atoms with Crippen molar-refractivity contribution in [2.24, 2.45) is 0 Å². The van der Waals surface area contributed by atoms with Crippen molar-refractivity contribution in [3.63, 3.8) is 0 Å². The van der Waals surface area contributed by atoms with Crippen molar-refractivity contribution < 1.29 is 14.6 Å². The molecule has 1 aromatic heterocycles. The van der Waals surface area contributed by atoms with Crippen LogP contribution in [0.2, 0.25) is 0 Å². The zero-order valence-electron chi connectivity index (χ0n) is 13.0. The van der Waals surface area contributed by atoms with E-state index in [-0.39, 0.29) is 17.4 Å². The fraction of sp³-hybridized carbons (Fsp3) is 0.211. The van der Waals surface area contributed by atoms with Gasteiger partial charge in [-0.3, -0.25) is 4.98 Å². The Morgan fingerprint density at radius 1 is 1.09 bits per heavy atom. The summed E-state index contributed by atoms with van der Waals surface area (Å²) in [6, 6.07) is 9.82. The van der Waals surface area contributed by atoms with Gasteiger partial charge in [-0.15, -0.1) is 0 Å². The fourth-order valence-electron chi connectivity index (χ4n) is 2.81. The zero-order valence-corrected chi connectivity index (χ0v) is 13.0. The highest BCUT2D eigenvalue weighted by Gasteiger charge is 2.16. The van der Waals surface area contributed by atoms with E-state index in [1.165, 1.54) is 6.07 Å². The van der Waals surface area contributed by atoms with Crippen molar-refractivity contribution in [3.05, 3.63) is 54.0 Å². The Kier molecular flexibility index (Phi) is 3.90. The van der Waals surface area contributed by atoms with Crippen LogP contribution < -0.4 is 0 Å². The average molecular weight is 311 g/mol. The van der Waals surface area contributed by atoms with Crippen LogP contribution in [0, 0.1) is 5.82 Å². The summed E-state index contributed by atoms with van der Waals surface area (Å²) in [5.41, 5.74) is 1.99. The maximum absolute atomic E-state index is 14.2. The molecule has 1 atom stereocenters. The van der Waals surface area contributed by atoms with Gasteiger partial charge in [0.25, 0.3) is 0 Å². The molecule has 0 bridgehead atoms. The van der Waals surface area contributed by atoms with E-state index < -0.39 is 5.82 Å². The van der Waals surface area contributed by atoms with Crippen molar-refractivity contribution in [2.45, 2.75) is 26.2 Å². The molecule has 0 spiro atoms. The molecular formula is C19H18FNO2. The first-order chi connectivity index (χ1) is 11.0. The van der Waals surface area contributed by atoms with Crippen molar-refractivity contribution in [3.8, 4) is 22.6 Å². The average Bonchev–Trinajstić information content (AvgIpc) is 2.53. The van der Waals surface area contributed by atoms with Crippen LogP contribution in [-0.4, -0.2) is 15.2 Å². The van der Waals surface area contributed by atoms with Gasteiger partial charge in [-0.05, 0) is 53.8 Å². The second kappa shape index (κ2) is 5.88. The second-order valence-corrected chi connectivity index (χ2v) is 5.77. The molecule has 1 heterocycles. The van der Waals surface area contributed by atoms with E-state index in [9.17, 15) is 14.6 Å². The SMILES string of the molecule is CCC(C)c1c(O)cc(-c2cc(F)c3ncccc3c2)cc1O. The van der Waals surface area contributed by atoms with Gasteiger partial charge in [-0.25, -0.2) is 4.39 Å². The van der Waals surface area contributed by atoms with Crippen LogP contribution in [0.3, 0.4) is 0 Å². The summed E-state index contributed by atoms with van der Waals surface area (Å²) in [4.78, 5) is 4.03. The van der Waals surface area contributed by atoms with Crippen LogP contribution in [0.15, 0.2) is 42.6 Å². The molecule has 0 saturated carbocycles. The van der Waals surface area contributed by atoms with Crippen LogP contribution >= 0.6 is 0 Å². The molecule has 4 heteroatoms. The summed E-state index contributed by atoms with van der Waals surface area (Å²) in [5, 5.41) is 21.2. The molecule has 0 aliphatic rings. The van der Waals surface area contributed by atoms with Gasteiger partial charge in [0.1, 0.15) is 22.8 Å². The number of nitrogens with zero attached hydrogens (tertiary/aromatic N) is 1. The Morgan fingerprint density at radius 2 is 1.74 bits per heavy atom. The summed E-state index contributed by atoms with van der Waals surface area (Å²) in [7, 11) is 0. The predicted molar refractivity (Wildman–Crippen MR) is 89.2 cm³/mol. The number of halogens is 1. The van der Waals surface area contributed by atoms with Crippen molar-refractivity contribution in [2.75, 3.05) is 0 Å². The van der Waals surface area contributed by atoms with E-state index in [1.807, 2.05) is 13.8 Å². The Morgan fingerprint density at radius 3 is 2.39 bits per heavy atom. The number of benzene rings is 2. The van der Waals surface area contributed by atoms with Gasteiger partial charge in [-0.2, -0.15) is 0 Å². The van der Waals surface area contributed by atoms with Crippen LogP contribution in [-0.2, 0) is 0 Å². The second-order valence-electron chi connectivity index (χ2n) is 5.77. The minimum atomic E-state index is -0.428. The van der Waals surface area contributed by atoms with E-state index in [1.54, 1.807) is 36.5 Å². The smallest absolute Gasteiger partial charge is 0.150 e. The molecule has 0 aliphatic heterocycles. The summed E-state index contributed by atoms with van der Waals surface area (Å²) in [6.07, 6.45) is 2.35. The molecule has 1 unspecified atom stereocenters. The maximum atomic E-state index is 14.2. The lowest BCUT2D eigenvalue weighted by atomic mass is 9.93. The fourth-order valence-corrected chi connectivity index (χ4v) is 2.81. The summed E-state index contributed by atoms with van der Waals surface area (Å²) >= 11 is 0. The normalized spacial score (nSPS) is 12.5. The topological polar surface area (TPSA) is 53.4 Å². The number of hydrogen-bond donors (Lipinski definition) is 2. The van der Waals surface area contributed by atoms with Crippen LogP contribution in [0.25, 0.3) is 22.0 Å². The van der Waals surface area contributed by atoms with E-state index in [4.69, 9.17) is 0 Å². The van der Waals surface area contributed by atoms with Gasteiger partial charge in [0, 0.05) is 17.1 Å². The number of aromatic hydroxyl groups is 2. The third-order valence-electron chi connectivity index (χ3n) is 4.23. The van der Waals surface area contributed by atoms with Gasteiger partial charge in [0.15, 0.2) is 0 Å². The number of fused-ring (bicyclic) bond motifs is 1. The number of hydrogen-bond acceptors (Lipinski definition) is 3. The van der Waals surface area contributed by atoms with Gasteiger partial charge in [0.2, 0.25) is 0 Å². The minimum absolute atomic E-state index is 0.0287. The number of pyridine rings is 1. The molecular weight excluding hydrogens is 293 g/mol. The number of phenols is 2. The predicted octanol–water partition coefficient (Wildman–Crippen LogP) is 4.97. The largest absolute Gasteiger partial charge is 0.507 e. The van der Waals surface area contributed by atoms with Crippen molar-refractivity contribution >= 4 is 10.9 Å². The Bertz CT molecular complexity index is 853. The van der Waals surface area contributed by atoms with Crippen LogP contribution in [0.5, 0.6) is 11.5 Å². The molecule has 3 rings (SSSR count). The molecule has 0 saturated heterocycles. The first-order valence-corrected chi connectivity index (χ1v) is 7.61. The highest BCUT2D eigenvalue weighted by atomic mass is 19.1. The van der Waals surface area contributed by atoms with Crippen molar-refractivity contribution in [1.82, 2.24) is 4.98 Å². The molecule has 2 aromatic carbocycles. The summed E-state index contributed by atoms with van der Waals surface area (Å²) < 4.78 is 14.2.